The fourth-order valence-electron chi connectivity index (χ4n) is 4.84. The molecular formula is C27H24ClF2N4O4P. The standard InChI is InChI=1S/C27H24ClF2N4O4P/c1-16(35)26-20-8-3-5-12-23(20)33(32-26)15-39(37,38)34-14-17(29)13-24(34)27(36)31-22-11-6-9-19(25(22)30)18-7-2-4-10-21(18)28/h2-12,17,24H,13-15H2,1H3,(H,31,36)(H,37,38)/t17-,24+/m1/s1. The molecular weight excluding hydrogens is 549 g/mol. The van der Waals surface area contributed by atoms with E-state index in [9.17, 15) is 23.4 Å². The first-order valence-corrected chi connectivity index (χ1v) is 14.3. The van der Waals surface area contributed by atoms with Crippen LogP contribution in [0.2, 0.25) is 5.02 Å². The van der Waals surface area contributed by atoms with Crippen molar-refractivity contribution >= 4 is 47.4 Å². The number of ketones is 1. The fourth-order valence-corrected chi connectivity index (χ4v) is 6.87. The van der Waals surface area contributed by atoms with E-state index in [1.807, 2.05) is 0 Å². The molecule has 3 aromatic carbocycles. The lowest BCUT2D eigenvalue weighted by molar-refractivity contribution is -0.119. The number of carbonyl (C=O) groups is 2. The van der Waals surface area contributed by atoms with E-state index in [2.05, 4.69) is 10.4 Å². The van der Waals surface area contributed by atoms with Crippen LogP contribution < -0.4 is 5.32 Å². The number of benzene rings is 3. The van der Waals surface area contributed by atoms with Crippen LogP contribution in [-0.4, -0.2) is 49.8 Å². The predicted octanol–water partition coefficient (Wildman–Crippen LogP) is 5.89. The minimum atomic E-state index is -4.40. The van der Waals surface area contributed by atoms with E-state index in [-0.39, 0.29) is 29.1 Å². The van der Waals surface area contributed by atoms with E-state index in [0.29, 0.717) is 21.5 Å². The molecule has 0 saturated carbocycles. The van der Waals surface area contributed by atoms with Crippen LogP contribution in [-0.2, 0) is 15.6 Å². The highest BCUT2D eigenvalue weighted by atomic mass is 35.5. The van der Waals surface area contributed by atoms with E-state index >= 15 is 4.39 Å². The van der Waals surface area contributed by atoms with Gasteiger partial charge >= 0.3 is 0 Å². The third-order valence-corrected chi connectivity index (χ3v) is 8.87. The normalized spacial score (nSPS) is 19.2. The number of halogens is 3. The van der Waals surface area contributed by atoms with Gasteiger partial charge < -0.3 is 10.2 Å². The van der Waals surface area contributed by atoms with Crippen molar-refractivity contribution in [3.8, 4) is 11.1 Å². The average molecular weight is 573 g/mol. The summed E-state index contributed by atoms with van der Waals surface area (Å²) >= 11 is 6.21. The van der Waals surface area contributed by atoms with Gasteiger partial charge in [-0.3, -0.25) is 18.8 Å². The molecule has 1 amide bonds. The molecule has 2 heterocycles. The van der Waals surface area contributed by atoms with Crippen molar-refractivity contribution < 1.29 is 27.8 Å². The molecule has 0 radical (unpaired) electrons. The van der Waals surface area contributed by atoms with Gasteiger partial charge in [-0.2, -0.15) is 5.10 Å². The molecule has 202 valence electrons. The molecule has 1 aliphatic rings. The molecule has 3 atom stereocenters. The first kappa shape index (κ1) is 27.1. The highest BCUT2D eigenvalue weighted by Crippen LogP contribution is 2.52. The lowest BCUT2D eigenvalue weighted by Crippen LogP contribution is -2.38. The molecule has 12 heteroatoms. The van der Waals surface area contributed by atoms with Gasteiger partial charge in [0.15, 0.2) is 11.6 Å². The van der Waals surface area contributed by atoms with Crippen LogP contribution in [0.15, 0.2) is 66.7 Å². The lowest BCUT2D eigenvalue weighted by atomic mass is 10.0. The van der Waals surface area contributed by atoms with Gasteiger partial charge in [0.25, 0.3) is 7.52 Å². The number of aromatic nitrogens is 2. The molecule has 0 spiro atoms. The van der Waals surface area contributed by atoms with Gasteiger partial charge in [-0.25, -0.2) is 13.5 Å². The van der Waals surface area contributed by atoms with E-state index in [0.717, 1.165) is 4.67 Å². The topological polar surface area (TPSA) is 105 Å². The highest BCUT2D eigenvalue weighted by molar-refractivity contribution is 7.54. The molecule has 4 aromatic rings. The van der Waals surface area contributed by atoms with Crippen molar-refractivity contribution in [3.05, 3.63) is 83.3 Å². The van der Waals surface area contributed by atoms with Crippen molar-refractivity contribution in [2.45, 2.75) is 31.8 Å². The van der Waals surface area contributed by atoms with Crippen molar-refractivity contribution in [1.29, 1.82) is 0 Å². The van der Waals surface area contributed by atoms with Gasteiger partial charge in [-0.15, -0.1) is 0 Å². The predicted molar refractivity (Wildman–Crippen MR) is 145 cm³/mol. The second-order valence-electron chi connectivity index (χ2n) is 9.33. The minimum absolute atomic E-state index is 0.138. The van der Waals surface area contributed by atoms with Crippen LogP contribution in [0.4, 0.5) is 14.5 Å². The first-order chi connectivity index (χ1) is 18.6. The Kier molecular flexibility index (Phi) is 7.39. The maximum atomic E-state index is 15.4. The number of fused-ring (bicyclic) bond motifs is 1. The number of nitrogens with zero attached hydrogens (tertiary/aromatic N) is 3. The van der Waals surface area contributed by atoms with Gasteiger partial charge in [0, 0.05) is 41.4 Å². The third-order valence-electron chi connectivity index (χ3n) is 6.66. The smallest absolute Gasteiger partial charge is 0.291 e. The zero-order valence-corrected chi connectivity index (χ0v) is 22.4. The molecule has 2 N–H and O–H groups in total. The van der Waals surface area contributed by atoms with Crippen molar-refractivity contribution in [2.75, 3.05) is 11.9 Å². The van der Waals surface area contributed by atoms with Gasteiger partial charge in [0.05, 0.1) is 11.2 Å². The molecule has 0 aliphatic carbocycles. The average Bonchev–Trinajstić information content (AvgIpc) is 3.47. The highest BCUT2D eigenvalue weighted by Gasteiger charge is 2.46. The van der Waals surface area contributed by atoms with Gasteiger partial charge in [-0.1, -0.05) is 60.1 Å². The number of anilines is 1. The number of nitrogens with one attached hydrogen (secondary N) is 1. The molecule has 1 saturated heterocycles. The second kappa shape index (κ2) is 10.6. The number of rotatable bonds is 7. The van der Waals surface area contributed by atoms with Crippen molar-refractivity contribution in [3.63, 3.8) is 0 Å². The van der Waals surface area contributed by atoms with Crippen LogP contribution in [0.5, 0.6) is 0 Å². The zero-order valence-electron chi connectivity index (χ0n) is 20.7. The van der Waals surface area contributed by atoms with Crippen LogP contribution in [0, 0.1) is 5.82 Å². The minimum Gasteiger partial charge on any atom is -0.332 e. The summed E-state index contributed by atoms with van der Waals surface area (Å²) in [4.78, 5) is 36.3. The number of hydrogen-bond donors (Lipinski definition) is 2. The summed E-state index contributed by atoms with van der Waals surface area (Å²) in [5, 5.41) is 7.50. The quantitative estimate of drug-likeness (QED) is 0.211. The fraction of sp³-hybridized carbons (Fsp3) is 0.222. The van der Waals surface area contributed by atoms with Crippen molar-refractivity contribution in [1.82, 2.24) is 14.5 Å². The Hall–Kier alpha value is -3.43. The molecule has 1 aromatic heterocycles. The third kappa shape index (κ3) is 5.25. The summed E-state index contributed by atoms with van der Waals surface area (Å²) in [5.41, 5.74) is 1.00. The van der Waals surface area contributed by atoms with Crippen LogP contribution in [0.3, 0.4) is 0 Å². The summed E-state index contributed by atoms with van der Waals surface area (Å²) in [7, 11) is -4.40. The number of alkyl halides is 1. The number of para-hydroxylation sites is 1. The Morgan fingerprint density at radius 3 is 2.54 bits per heavy atom. The number of carbonyl (C=O) groups excluding carboxylic acids is 2. The Balaban J connectivity index is 1.41. The number of amides is 1. The maximum Gasteiger partial charge on any atom is 0.291 e. The van der Waals surface area contributed by atoms with Crippen LogP contribution >= 0.6 is 19.1 Å². The number of Topliss-reactive ketones (excluding diaryl/α,β-unsaturated/α-hetero) is 1. The second-order valence-corrected chi connectivity index (χ2v) is 11.9. The van der Waals surface area contributed by atoms with E-state index in [1.54, 1.807) is 48.5 Å². The lowest BCUT2D eigenvalue weighted by Gasteiger charge is -2.28. The summed E-state index contributed by atoms with van der Waals surface area (Å²) in [6.07, 6.45) is -2.48. The molecule has 5 rings (SSSR count). The Morgan fingerprint density at radius 1 is 1.10 bits per heavy atom. The SMILES string of the molecule is CC(=O)c1nn(CP(=O)(O)N2C[C@H](F)C[C@H]2C(=O)Nc2cccc(-c3ccccc3Cl)c2F)c2ccccc12. The number of hydrogen-bond acceptors (Lipinski definition) is 4. The Bertz CT molecular complexity index is 1650. The maximum absolute atomic E-state index is 15.4. The van der Waals surface area contributed by atoms with Gasteiger partial charge in [-0.05, 0) is 18.2 Å². The molecule has 39 heavy (non-hydrogen) atoms. The summed E-state index contributed by atoms with van der Waals surface area (Å²) in [5.74, 6) is -1.89. The van der Waals surface area contributed by atoms with E-state index in [1.165, 1.54) is 29.8 Å². The Morgan fingerprint density at radius 2 is 1.79 bits per heavy atom. The van der Waals surface area contributed by atoms with Crippen molar-refractivity contribution in [2.24, 2.45) is 0 Å². The molecule has 1 aliphatic heterocycles. The zero-order chi connectivity index (χ0) is 27.9. The van der Waals surface area contributed by atoms with Crippen LogP contribution in [0.25, 0.3) is 22.0 Å². The summed E-state index contributed by atoms with van der Waals surface area (Å²) in [6.45, 7) is 0.874. The first-order valence-electron chi connectivity index (χ1n) is 12.1. The largest absolute Gasteiger partial charge is 0.332 e. The summed E-state index contributed by atoms with van der Waals surface area (Å²) in [6, 6.07) is 16.4. The molecule has 0 bridgehead atoms. The Labute approximate surface area is 227 Å². The molecule has 1 unspecified atom stereocenters. The molecule has 1 fully saturated rings. The summed E-state index contributed by atoms with van der Waals surface area (Å²) < 4.78 is 45.6. The van der Waals surface area contributed by atoms with Crippen LogP contribution in [0.1, 0.15) is 23.8 Å². The van der Waals surface area contributed by atoms with E-state index < -0.39 is 44.3 Å². The van der Waals surface area contributed by atoms with Gasteiger partial charge in [0.2, 0.25) is 5.91 Å². The monoisotopic (exact) mass is 572 g/mol. The molecule has 8 nitrogen and oxygen atoms in total. The van der Waals surface area contributed by atoms with E-state index in [4.69, 9.17) is 11.6 Å². The van der Waals surface area contributed by atoms with Gasteiger partial charge in [0.1, 0.15) is 24.2 Å².